The first-order chi connectivity index (χ1) is 13.0. The molecule has 1 saturated heterocycles. The van der Waals surface area contributed by atoms with E-state index >= 15 is 0 Å². The maximum Gasteiger partial charge on any atom is 0.255 e. The molecule has 3 rings (SSSR count). The first-order valence-electron chi connectivity index (χ1n) is 8.44. The van der Waals surface area contributed by atoms with Crippen LogP contribution in [0.25, 0.3) is 0 Å². The van der Waals surface area contributed by atoms with Crippen LogP contribution in [0.4, 0.5) is 15.8 Å². The van der Waals surface area contributed by atoms with Gasteiger partial charge in [-0.05, 0) is 36.4 Å². The summed E-state index contributed by atoms with van der Waals surface area (Å²) in [5.74, 6) is -1.26. The molecule has 0 saturated carbocycles. The standard InChI is InChI=1S/C19H19ClFN3O3/c1-22-18(25)12-2-3-17(16(20)10-12)23-19(26)13-8-14(21)11-15(9-13)24-4-6-27-7-5-24/h2-3,8-11H,4-7H2,1H3,(H,22,25)(H,23,26). The Morgan fingerprint density at radius 3 is 2.48 bits per heavy atom. The summed E-state index contributed by atoms with van der Waals surface area (Å²) in [6, 6.07) is 8.74. The summed E-state index contributed by atoms with van der Waals surface area (Å²) in [7, 11) is 1.52. The fourth-order valence-corrected chi connectivity index (χ4v) is 3.03. The minimum atomic E-state index is -0.495. The van der Waals surface area contributed by atoms with Gasteiger partial charge in [0.2, 0.25) is 0 Å². The largest absolute Gasteiger partial charge is 0.378 e. The summed E-state index contributed by atoms with van der Waals surface area (Å²) in [5, 5.41) is 5.37. The maximum atomic E-state index is 14.0. The van der Waals surface area contributed by atoms with Crippen molar-refractivity contribution in [3.63, 3.8) is 0 Å². The second-order valence-electron chi connectivity index (χ2n) is 6.03. The molecule has 1 aliphatic rings. The fourth-order valence-electron chi connectivity index (χ4n) is 2.81. The molecule has 0 atom stereocenters. The number of nitrogens with zero attached hydrogens (tertiary/aromatic N) is 1. The lowest BCUT2D eigenvalue weighted by atomic mass is 10.1. The van der Waals surface area contributed by atoms with Crippen molar-refractivity contribution < 1.29 is 18.7 Å². The summed E-state index contributed by atoms with van der Waals surface area (Å²) in [6.07, 6.45) is 0. The third kappa shape index (κ3) is 4.56. The maximum absolute atomic E-state index is 14.0. The Balaban J connectivity index is 1.80. The fraction of sp³-hybridized carbons (Fsp3) is 0.263. The van der Waals surface area contributed by atoms with Gasteiger partial charge in [-0.25, -0.2) is 4.39 Å². The quantitative estimate of drug-likeness (QED) is 0.840. The summed E-state index contributed by atoms with van der Waals surface area (Å²) in [5.41, 5.74) is 1.53. The Morgan fingerprint density at radius 2 is 1.81 bits per heavy atom. The van der Waals surface area contributed by atoms with Gasteiger partial charge >= 0.3 is 0 Å². The molecule has 27 heavy (non-hydrogen) atoms. The lowest BCUT2D eigenvalue weighted by Crippen LogP contribution is -2.36. The van der Waals surface area contributed by atoms with E-state index in [1.165, 1.54) is 31.3 Å². The van der Waals surface area contributed by atoms with Gasteiger partial charge in [0.15, 0.2) is 0 Å². The second-order valence-corrected chi connectivity index (χ2v) is 6.43. The Bertz CT molecular complexity index is 869. The van der Waals surface area contributed by atoms with E-state index in [0.717, 1.165) is 0 Å². The zero-order chi connectivity index (χ0) is 19.4. The molecule has 2 aromatic carbocycles. The summed E-state index contributed by atoms with van der Waals surface area (Å²) >= 11 is 6.16. The first kappa shape index (κ1) is 19.1. The predicted molar refractivity (Wildman–Crippen MR) is 102 cm³/mol. The molecule has 2 N–H and O–H groups in total. The highest BCUT2D eigenvalue weighted by molar-refractivity contribution is 6.34. The van der Waals surface area contributed by atoms with Gasteiger partial charge in [0, 0.05) is 37.0 Å². The highest BCUT2D eigenvalue weighted by Gasteiger charge is 2.16. The molecule has 142 valence electrons. The smallest absolute Gasteiger partial charge is 0.255 e. The number of morpholine rings is 1. The molecule has 1 aliphatic heterocycles. The third-order valence-corrected chi connectivity index (χ3v) is 4.54. The van der Waals surface area contributed by atoms with Crippen LogP contribution in [0.2, 0.25) is 5.02 Å². The Kier molecular flexibility index (Phi) is 5.93. The van der Waals surface area contributed by atoms with Crippen molar-refractivity contribution in [3.8, 4) is 0 Å². The van der Waals surface area contributed by atoms with Crippen LogP contribution in [-0.2, 0) is 4.74 Å². The molecule has 1 heterocycles. The van der Waals surface area contributed by atoms with E-state index in [2.05, 4.69) is 10.6 Å². The average Bonchev–Trinajstić information content (AvgIpc) is 2.69. The molecule has 0 spiro atoms. The molecule has 2 amide bonds. The number of amides is 2. The molecule has 1 fully saturated rings. The van der Waals surface area contributed by atoms with Gasteiger partial charge in [-0.3, -0.25) is 9.59 Å². The van der Waals surface area contributed by atoms with Gasteiger partial charge in [-0.1, -0.05) is 11.6 Å². The lowest BCUT2D eigenvalue weighted by Gasteiger charge is -2.29. The molecule has 0 unspecified atom stereocenters. The number of hydrogen-bond donors (Lipinski definition) is 2. The molecule has 6 nitrogen and oxygen atoms in total. The number of rotatable bonds is 4. The zero-order valence-corrected chi connectivity index (χ0v) is 15.5. The van der Waals surface area contributed by atoms with Crippen LogP contribution < -0.4 is 15.5 Å². The monoisotopic (exact) mass is 391 g/mol. The molecule has 8 heteroatoms. The number of halogens is 2. The van der Waals surface area contributed by atoms with Crippen molar-refractivity contribution in [3.05, 3.63) is 58.4 Å². The average molecular weight is 392 g/mol. The molecule has 0 aromatic heterocycles. The number of benzene rings is 2. The van der Waals surface area contributed by atoms with E-state index in [1.807, 2.05) is 4.90 Å². The van der Waals surface area contributed by atoms with Crippen LogP contribution >= 0.6 is 11.6 Å². The molecule has 2 aromatic rings. The minimum absolute atomic E-state index is 0.183. The number of hydrogen-bond acceptors (Lipinski definition) is 4. The topological polar surface area (TPSA) is 70.7 Å². The zero-order valence-electron chi connectivity index (χ0n) is 14.7. The van der Waals surface area contributed by atoms with Gasteiger partial charge in [0.25, 0.3) is 11.8 Å². The minimum Gasteiger partial charge on any atom is -0.378 e. The number of carbonyl (C=O) groups excluding carboxylic acids is 2. The van der Waals surface area contributed by atoms with Crippen molar-refractivity contribution >= 4 is 34.8 Å². The normalized spacial score (nSPS) is 14.0. The summed E-state index contributed by atoms with van der Waals surface area (Å²) in [4.78, 5) is 26.2. The number of anilines is 2. The van der Waals surface area contributed by atoms with Crippen molar-refractivity contribution in [1.29, 1.82) is 0 Å². The highest BCUT2D eigenvalue weighted by atomic mass is 35.5. The van der Waals surface area contributed by atoms with Crippen LogP contribution in [0, 0.1) is 5.82 Å². The number of ether oxygens (including phenoxy) is 1. The van der Waals surface area contributed by atoms with E-state index in [9.17, 15) is 14.0 Å². The molecule has 0 bridgehead atoms. The van der Waals surface area contributed by atoms with E-state index in [4.69, 9.17) is 16.3 Å². The third-order valence-electron chi connectivity index (χ3n) is 4.23. The van der Waals surface area contributed by atoms with E-state index in [1.54, 1.807) is 12.1 Å². The Labute approximate surface area is 161 Å². The van der Waals surface area contributed by atoms with Crippen LogP contribution in [0.1, 0.15) is 20.7 Å². The van der Waals surface area contributed by atoms with Crippen LogP contribution in [0.5, 0.6) is 0 Å². The second kappa shape index (κ2) is 8.37. The van der Waals surface area contributed by atoms with E-state index < -0.39 is 11.7 Å². The summed E-state index contributed by atoms with van der Waals surface area (Å²) in [6.45, 7) is 2.39. The highest BCUT2D eigenvalue weighted by Crippen LogP contribution is 2.25. The van der Waals surface area contributed by atoms with Crippen molar-refractivity contribution in [1.82, 2.24) is 5.32 Å². The molecule has 0 aliphatic carbocycles. The van der Waals surface area contributed by atoms with E-state index in [0.29, 0.717) is 43.2 Å². The van der Waals surface area contributed by atoms with Crippen molar-refractivity contribution in [2.45, 2.75) is 0 Å². The van der Waals surface area contributed by atoms with Gasteiger partial charge in [0.1, 0.15) is 5.82 Å². The van der Waals surface area contributed by atoms with Gasteiger partial charge in [-0.15, -0.1) is 0 Å². The summed E-state index contributed by atoms with van der Waals surface area (Å²) < 4.78 is 19.3. The van der Waals surface area contributed by atoms with Crippen molar-refractivity contribution in [2.75, 3.05) is 43.6 Å². The Hall–Kier alpha value is -2.64. The van der Waals surface area contributed by atoms with Crippen LogP contribution in [0.15, 0.2) is 36.4 Å². The molecular formula is C19H19ClFN3O3. The molecule has 0 radical (unpaired) electrons. The van der Waals surface area contributed by atoms with Gasteiger partial charge < -0.3 is 20.3 Å². The van der Waals surface area contributed by atoms with Gasteiger partial charge in [-0.2, -0.15) is 0 Å². The lowest BCUT2D eigenvalue weighted by molar-refractivity contribution is 0.0962. The van der Waals surface area contributed by atoms with E-state index in [-0.39, 0.29) is 16.5 Å². The predicted octanol–water partition coefficient (Wildman–Crippen LogP) is 2.93. The number of carbonyl (C=O) groups is 2. The molecular weight excluding hydrogens is 373 g/mol. The number of nitrogens with one attached hydrogen (secondary N) is 2. The van der Waals surface area contributed by atoms with Crippen LogP contribution in [0.3, 0.4) is 0 Å². The van der Waals surface area contributed by atoms with Gasteiger partial charge in [0.05, 0.1) is 23.9 Å². The first-order valence-corrected chi connectivity index (χ1v) is 8.82. The SMILES string of the molecule is CNC(=O)c1ccc(NC(=O)c2cc(F)cc(N3CCOCC3)c2)c(Cl)c1. The van der Waals surface area contributed by atoms with Crippen molar-refractivity contribution in [2.24, 2.45) is 0 Å². The van der Waals surface area contributed by atoms with Crippen LogP contribution in [-0.4, -0.2) is 45.2 Å². The Morgan fingerprint density at radius 1 is 1.07 bits per heavy atom.